The molecule has 2 aromatic carbocycles. The summed E-state index contributed by atoms with van der Waals surface area (Å²) in [4.78, 5) is 10.9. The van der Waals surface area contributed by atoms with Gasteiger partial charge in [-0.3, -0.25) is 0 Å². The molecule has 0 bridgehead atoms. The zero-order chi connectivity index (χ0) is 14.3. The second kappa shape index (κ2) is 4.45. The van der Waals surface area contributed by atoms with Crippen LogP contribution < -0.4 is 0 Å². The number of rotatable bonds is 2. The summed E-state index contributed by atoms with van der Waals surface area (Å²) in [6.07, 6.45) is 1.62. The highest BCUT2D eigenvalue weighted by Gasteiger charge is 2.13. The second-order valence-electron chi connectivity index (χ2n) is 4.36. The molecule has 1 N–H and O–H groups in total. The number of hydrogen-bond donors (Lipinski definition) is 1. The minimum atomic E-state index is -1.18. The molecule has 5 heteroatoms. The first-order valence-corrected chi connectivity index (χ1v) is 5.86. The Morgan fingerprint density at radius 2 is 1.75 bits per heavy atom. The summed E-state index contributed by atoms with van der Waals surface area (Å²) in [5.74, 6) is -2.19. The smallest absolute Gasteiger partial charge is 0.335 e. The monoisotopic (exact) mass is 273 g/mol. The summed E-state index contributed by atoms with van der Waals surface area (Å²) in [7, 11) is 0. The maximum atomic E-state index is 14.1. The molecule has 0 unspecified atom stereocenters. The van der Waals surface area contributed by atoms with E-state index in [-0.39, 0.29) is 16.9 Å². The zero-order valence-corrected chi connectivity index (χ0v) is 10.2. The van der Waals surface area contributed by atoms with E-state index in [9.17, 15) is 13.6 Å². The first-order chi connectivity index (χ1) is 9.56. The van der Waals surface area contributed by atoms with Crippen LogP contribution in [-0.2, 0) is 0 Å². The van der Waals surface area contributed by atoms with Gasteiger partial charge in [0.2, 0.25) is 0 Å². The summed E-state index contributed by atoms with van der Waals surface area (Å²) >= 11 is 0. The number of nitrogens with zero attached hydrogens (tertiary/aromatic N) is 1. The molecular weight excluding hydrogens is 264 g/mol. The van der Waals surface area contributed by atoms with Crippen LogP contribution in [0.25, 0.3) is 16.6 Å². The Morgan fingerprint density at radius 3 is 2.40 bits per heavy atom. The molecule has 0 spiro atoms. The summed E-state index contributed by atoms with van der Waals surface area (Å²) < 4.78 is 28.6. The van der Waals surface area contributed by atoms with E-state index in [0.29, 0.717) is 11.1 Å². The highest BCUT2D eigenvalue weighted by Crippen LogP contribution is 2.25. The Hall–Kier alpha value is -2.69. The van der Waals surface area contributed by atoms with Crippen molar-refractivity contribution in [2.75, 3.05) is 0 Å². The molecule has 0 aliphatic carbocycles. The average molecular weight is 273 g/mol. The van der Waals surface area contributed by atoms with Crippen molar-refractivity contribution in [2.24, 2.45) is 0 Å². The number of carbonyl (C=O) groups is 1. The van der Waals surface area contributed by atoms with Crippen LogP contribution in [0, 0.1) is 11.6 Å². The standard InChI is InChI=1S/C15H9F2NO2/c16-11-1-3-12(4-2-11)18-6-5-9-7-10(15(19)20)8-13(17)14(9)18/h1-8H,(H,19,20). The van der Waals surface area contributed by atoms with E-state index in [1.54, 1.807) is 16.8 Å². The van der Waals surface area contributed by atoms with Gasteiger partial charge in [0.15, 0.2) is 0 Å². The Kier molecular flexibility index (Phi) is 2.75. The molecule has 0 atom stereocenters. The van der Waals surface area contributed by atoms with Crippen molar-refractivity contribution >= 4 is 16.9 Å². The van der Waals surface area contributed by atoms with Gasteiger partial charge in [0.1, 0.15) is 11.6 Å². The molecule has 20 heavy (non-hydrogen) atoms. The number of carboxylic acids is 1. The highest BCUT2D eigenvalue weighted by atomic mass is 19.1. The van der Waals surface area contributed by atoms with Crippen molar-refractivity contribution in [3.63, 3.8) is 0 Å². The number of hydrogen-bond acceptors (Lipinski definition) is 1. The van der Waals surface area contributed by atoms with Crippen molar-refractivity contribution in [1.82, 2.24) is 4.57 Å². The lowest BCUT2D eigenvalue weighted by molar-refractivity contribution is 0.0696. The zero-order valence-electron chi connectivity index (χ0n) is 10.2. The lowest BCUT2D eigenvalue weighted by Gasteiger charge is -2.06. The van der Waals surface area contributed by atoms with Crippen LogP contribution in [0.2, 0.25) is 0 Å². The maximum Gasteiger partial charge on any atom is 0.335 e. The van der Waals surface area contributed by atoms with Crippen molar-refractivity contribution < 1.29 is 18.7 Å². The van der Waals surface area contributed by atoms with E-state index >= 15 is 0 Å². The van der Waals surface area contributed by atoms with Crippen LogP contribution in [0.1, 0.15) is 10.4 Å². The van der Waals surface area contributed by atoms with Crippen LogP contribution in [0.3, 0.4) is 0 Å². The quantitative estimate of drug-likeness (QED) is 0.775. The van der Waals surface area contributed by atoms with Gasteiger partial charge in [-0.2, -0.15) is 0 Å². The predicted molar refractivity (Wildman–Crippen MR) is 70.2 cm³/mol. The van der Waals surface area contributed by atoms with E-state index in [4.69, 9.17) is 5.11 Å². The van der Waals surface area contributed by atoms with Gasteiger partial charge in [-0.15, -0.1) is 0 Å². The number of fused-ring (bicyclic) bond motifs is 1. The molecule has 0 fully saturated rings. The number of carboxylic acid groups (broad SMARTS) is 1. The van der Waals surface area contributed by atoms with Crippen LogP contribution in [0.15, 0.2) is 48.7 Å². The van der Waals surface area contributed by atoms with E-state index in [0.717, 1.165) is 6.07 Å². The van der Waals surface area contributed by atoms with Crippen LogP contribution >= 0.6 is 0 Å². The van der Waals surface area contributed by atoms with Crippen LogP contribution in [-0.4, -0.2) is 15.6 Å². The Balaban J connectivity index is 2.23. The first kappa shape index (κ1) is 12.3. The van der Waals surface area contributed by atoms with Crippen molar-refractivity contribution in [2.45, 2.75) is 0 Å². The molecule has 3 aromatic rings. The molecule has 3 nitrogen and oxygen atoms in total. The van der Waals surface area contributed by atoms with E-state index in [1.165, 1.54) is 30.3 Å². The average Bonchev–Trinajstić information content (AvgIpc) is 2.84. The van der Waals surface area contributed by atoms with Crippen LogP contribution in [0.4, 0.5) is 8.78 Å². The Bertz CT molecular complexity index is 807. The molecule has 0 aliphatic rings. The fourth-order valence-electron chi connectivity index (χ4n) is 2.17. The van der Waals surface area contributed by atoms with Gasteiger partial charge >= 0.3 is 5.97 Å². The summed E-state index contributed by atoms with van der Waals surface area (Å²) in [5.41, 5.74) is 0.761. The lowest BCUT2D eigenvalue weighted by atomic mass is 10.1. The largest absolute Gasteiger partial charge is 0.478 e. The molecule has 3 rings (SSSR count). The third-order valence-electron chi connectivity index (χ3n) is 3.09. The van der Waals surface area contributed by atoms with Crippen LogP contribution in [0.5, 0.6) is 0 Å². The molecule has 0 saturated heterocycles. The van der Waals surface area contributed by atoms with E-state index in [1.807, 2.05) is 0 Å². The second-order valence-corrected chi connectivity index (χ2v) is 4.36. The highest BCUT2D eigenvalue weighted by molar-refractivity contribution is 5.94. The van der Waals surface area contributed by atoms with Crippen molar-refractivity contribution in [1.29, 1.82) is 0 Å². The number of aromatic nitrogens is 1. The SMILES string of the molecule is O=C(O)c1cc(F)c2c(ccn2-c2ccc(F)cc2)c1. The maximum absolute atomic E-state index is 14.1. The number of benzene rings is 2. The topological polar surface area (TPSA) is 42.2 Å². The van der Waals surface area contributed by atoms with Gasteiger partial charge in [0.25, 0.3) is 0 Å². The molecule has 0 radical (unpaired) electrons. The molecule has 0 saturated carbocycles. The van der Waals surface area contributed by atoms with Crippen molar-refractivity contribution in [3.8, 4) is 5.69 Å². The lowest BCUT2D eigenvalue weighted by Crippen LogP contribution is -1.99. The number of aromatic carboxylic acids is 1. The third-order valence-corrected chi connectivity index (χ3v) is 3.09. The molecule has 0 amide bonds. The summed E-state index contributed by atoms with van der Waals surface area (Å²) in [5, 5.41) is 9.39. The fourth-order valence-corrected chi connectivity index (χ4v) is 2.17. The van der Waals surface area contributed by atoms with Crippen molar-refractivity contribution in [3.05, 3.63) is 65.9 Å². The summed E-state index contributed by atoms with van der Waals surface area (Å²) in [6.45, 7) is 0. The molecule has 0 aliphatic heterocycles. The van der Waals surface area contributed by atoms with Gasteiger partial charge in [-0.05, 0) is 42.5 Å². The Morgan fingerprint density at radius 1 is 1.05 bits per heavy atom. The minimum Gasteiger partial charge on any atom is -0.478 e. The summed E-state index contributed by atoms with van der Waals surface area (Å²) in [6, 6.07) is 9.62. The predicted octanol–water partition coefficient (Wildman–Crippen LogP) is 3.61. The normalized spacial score (nSPS) is 10.9. The molecule has 1 aromatic heterocycles. The van der Waals surface area contributed by atoms with Gasteiger partial charge in [0, 0.05) is 17.3 Å². The van der Waals surface area contributed by atoms with Gasteiger partial charge in [-0.25, -0.2) is 13.6 Å². The van der Waals surface area contributed by atoms with E-state index < -0.39 is 11.8 Å². The third kappa shape index (κ3) is 1.93. The van der Waals surface area contributed by atoms with E-state index in [2.05, 4.69) is 0 Å². The van der Waals surface area contributed by atoms with Gasteiger partial charge in [-0.1, -0.05) is 0 Å². The molecular formula is C15H9F2NO2. The Labute approximate surface area is 112 Å². The fraction of sp³-hybridized carbons (Fsp3) is 0. The molecule has 100 valence electrons. The first-order valence-electron chi connectivity index (χ1n) is 5.86. The minimum absolute atomic E-state index is 0.105. The van der Waals surface area contributed by atoms with Gasteiger partial charge < -0.3 is 9.67 Å². The number of halogens is 2. The molecule has 1 heterocycles. The van der Waals surface area contributed by atoms with Gasteiger partial charge in [0.05, 0.1) is 11.1 Å².